The van der Waals surface area contributed by atoms with E-state index in [-0.39, 0.29) is 18.5 Å². The van der Waals surface area contributed by atoms with Crippen molar-refractivity contribution in [2.24, 2.45) is 0 Å². The monoisotopic (exact) mass is 367 g/mol. The lowest BCUT2D eigenvalue weighted by Gasteiger charge is -2.18. The van der Waals surface area contributed by atoms with E-state index < -0.39 is 0 Å². The Bertz CT molecular complexity index is 911. The van der Waals surface area contributed by atoms with Crippen LogP contribution in [0.1, 0.15) is 18.5 Å². The highest BCUT2D eigenvalue weighted by Gasteiger charge is 2.16. The van der Waals surface area contributed by atoms with Crippen molar-refractivity contribution in [1.82, 2.24) is 25.5 Å². The average Bonchev–Trinajstić information content (AvgIpc) is 3.16. The summed E-state index contributed by atoms with van der Waals surface area (Å²) in [6.07, 6.45) is 0. The van der Waals surface area contributed by atoms with E-state index in [4.69, 9.17) is 9.47 Å². The lowest BCUT2D eigenvalue weighted by molar-refractivity contribution is -0.122. The molecule has 8 heteroatoms. The fourth-order valence-electron chi connectivity index (χ4n) is 2.68. The molecule has 0 saturated carbocycles. The molecule has 0 radical (unpaired) electrons. The topological polar surface area (TPSA) is 91.2 Å². The molecule has 0 aliphatic heterocycles. The molecule has 0 unspecified atom stereocenters. The van der Waals surface area contributed by atoms with Gasteiger partial charge in [0.05, 0.1) is 20.3 Å². The van der Waals surface area contributed by atoms with Gasteiger partial charge in [0.15, 0.2) is 0 Å². The second-order valence-corrected chi connectivity index (χ2v) is 5.91. The minimum Gasteiger partial charge on any atom is -0.497 e. The minimum atomic E-state index is -0.278. The largest absolute Gasteiger partial charge is 0.497 e. The van der Waals surface area contributed by atoms with E-state index in [9.17, 15) is 4.79 Å². The molecule has 3 aromatic rings. The number of aromatic nitrogens is 4. The Morgan fingerprint density at radius 3 is 2.63 bits per heavy atom. The molecule has 27 heavy (non-hydrogen) atoms. The van der Waals surface area contributed by atoms with Crippen molar-refractivity contribution in [3.8, 4) is 22.9 Å². The SMILES string of the molecule is COc1ccc(OC)c([C@H](C)NC(=O)Cn2nnc(-c3ccccc3)n2)c1. The molecule has 140 valence electrons. The first-order chi connectivity index (χ1) is 13.1. The van der Waals surface area contributed by atoms with Crippen molar-refractivity contribution >= 4 is 5.91 Å². The summed E-state index contributed by atoms with van der Waals surface area (Å²) in [5.41, 5.74) is 1.67. The van der Waals surface area contributed by atoms with E-state index >= 15 is 0 Å². The third kappa shape index (κ3) is 4.41. The standard InChI is InChI=1S/C19H21N5O3/c1-13(16-11-15(26-2)9-10-17(16)27-3)20-18(25)12-24-22-19(21-23-24)14-7-5-4-6-8-14/h4-11,13H,12H2,1-3H3,(H,20,25)/t13-/m0/s1. The van der Waals surface area contributed by atoms with Gasteiger partial charge in [-0.15, -0.1) is 10.2 Å². The number of carbonyl (C=O) groups is 1. The second-order valence-electron chi connectivity index (χ2n) is 5.91. The van der Waals surface area contributed by atoms with E-state index in [0.717, 1.165) is 11.1 Å². The number of amides is 1. The molecule has 1 amide bonds. The molecule has 1 N–H and O–H groups in total. The second kappa shape index (κ2) is 8.31. The zero-order valence-electron chi connectivity index (χ0n) is 15.4. The van der Waals surface area contributed by atoms with Crippen LogP contribution in [0, 0.1) is 0 Å². The van der Waals surface area contributed by atoms with Crippen molar-refractivity contribution in [3.05, 3.63) is 54.1 Å². The molecule has 0 saturated heterocycles. The molecule has 0 aliphatic carbocycles. The number of rotatable bonds is 7. The maximum absolute atomic E-state index is 12.4. The van der Waals surface area contributed by atoms with Gasteiger partial charge in [0.25, 0.3) is 0 Å². The van der Waals surface area contributed by atoms with Crippen LogP contribution < -0.4 is 14.8 Å². The zero-order chi connectivity index (χ0) is 19.2. The fourth-order valence-corrected chi connectivity index (χ4v) is 2.68. The Morgan fingerprint density at radius 1 is 1.15 bits per heavy atom. The lowest BCUT2D eigenvalue weighted by atomic mass is 10.1. The highest BCUT2D eigenvalue weighted by molar-refractivity contribution is 5.76. The quantitative estimate of drug-likeness (QED) is 0.689. The summed E-state index contributed by atoms with van der Waals surface area (Å²) >= 11 is 0. The van der Waals surface area contributed by atoms with Gasteiger partial charge in [-0.25, -0.2) is 0 Å². The van der Waals surface area contributed by atoms with Crippen LogP contribution in [0.5, 0.6) is 11.5 Å². The van der Waals surface area contributed by atoms with Gasteiger partial charge >= 0.3 is 0 Å². The van der Waals surface area contributed by atoms with E-state index in [1.54, 1.807) is 20.3 Å². The number of hydrogen-bond acceptors (Lipinski definition) is 6. The van der Waals surface area contributed by atoms with Gasteiger partial charge in [0.1, 0.15) is 18.0 Å². The highest BCUT2D eigenvalue weighted by Crippen LogP contribution is 2.29. The van der Waals surface area contributed by atoms with Crippen LogP contribution in [0.3, 0.4) is 0 Å². The number of nitrogens with zero attached hydrogens (tertiary/aromatic N) is 4. The predicted octanol–water partition coefficient (Wildman–Crippen LogP) is 2.23. The summed E-state index contributed by atoms with van der Waals surface area (Å²) in [6.45, 7) is 1.84. The first kappa shape index (κ1) is 18.4. The van der Waals surface area contributed by atoms with Gasteiger partial charge in [0, 0.05) is 11.1 Å². The van der Waals surface area contributed by atoms with Gasteiger partial charge in [0.2, 0.25) is 11.7 Å². The molecule has 1 aromatic heterocycles. The van der Waals surface area contributed by atoms with Crippen molar-refractivity contribution in [2.45, 2.75) is 19.5 Å². The van der Waals surface area contributed by atoms with Crippen LogP contribution in [0.2, 0.25) is 0 Å². The van der Waals surface area contributed by atoms with Crippen LogP contribution in [0.4, 0.5) is 0 Å². The minimum absolute atomic E-state index is 0.0313. The third-order valence-corrected chi connectivity index (χ3v) is 4.05. The smallest absolute Gasteiger partial charge is 0.244 e. The molecule has 2 aromatic carbocycles. The van der Waals surface area contributed by atoms with Gasteiger partial charge in [-0.05, 0) is 30.3 Å². The summed E-state index contributed by atoms with van der Waals surface area (Å²) in [5.74, 6) is 1.61. The Hall–Kier alpha value is -3.42. The van der Waals surface area contributed by atoms with Gasteiger partial charge in [-0.3, -0.25) is 4.79 Å². The number of benzene rings is 2. The van der Waals surface area contributed by atoms with Crippen LogP contribution in [-0.2, 0) is 11.3 Å². The van der Waals surface area contributed by atoms with Crippen LogP contribution >= 0.6 is 0 Å². The first-order valence-electron chi connectivity index (χ1n) is 8.45. The van der Waals surface area contributed by atoms with Gasteiger partial charge in [-0.1, -0.05) is 30.3 Å². The molecular weight excluding hydrogens is 346 g/mol. The van der Waals surface area contributed by atoms with Crippen molar-refractivity contribution in [3.63, 3.8) is 0 Å². The Labute approximate surface area is 157 Å². The van der Waals surface area contributed by atoms with Gasteiger partial charge in [-0.2, -0.15) is 4.80 Å². The molecule has 1 atom stereocenters. The molecule has 0 spiro atoms. The zero-order valence-corrected chi connectivity index (χ0v) is 15.4. The lowest BCUT2D eigenvalue weighted by Crippen LogP contribution is -2.31. The molecule has 1 heterocycles. The Kier molecular flexibility index (Phi) is 5.65. The van der Waals surface area contributed by atoms with Crippen LogP contribution in [-0.4, -0.2) is 40.3 Å². The number of nitrogens with one attached hydrogen (secondary N) is 1. The number of tetrazole rings is 1. The third-order valence-electron chi connectivity index (χ3n) is 4.05. The normalized spacial score (nSPS) is 11.7. The summed E-state index contributed by atoms with van der Waals surface area (Å²) in [4.78, 5) is 13.7. The summed E-state index contributed by atoms with van der Waals surface area (Å²) in [5, 5.41) is 15.1. The number of carbonyl (C=O) groups excluding carboxylic acids is 1. The molecule has 0 fully saturated rings. The number of hydrogen-bond donors (Lipinski definition) is 1. The first-order valence-corrected chi connectivity index (χ1v) is 8.45. The van der Waals surface area contributed by atoms with Crippen molar-refractivity contribution in [2.75, 3.05) is 14.2 Å². The Morgan fingerprint density at radius 2 is 1.93 bits per heavy atom. The van der Waals surface area contributed by atoms with Gasteiger partial charge < -0.3 is 14.8 Å². The molecular formula is C19H21N5O3. The van der Waals surface area contributed by atoms with E-state index in [2.05, 4.69) is 20.7 Å². The van der Waals surface area contributed by atoms with E-state index in [1.807, 2.05) is 49.4 Å². The predicted molar refractivity (Wildman–Crippen MR) is 99.4 cm³/mol. The molecule has 3 rings (SSSR count). The molecule has 0 bridgehead atoms. The maximum Gasteiger partial charge on any atom is 0.244 e. The van der Waals surface area contributed by atoms with Crippen LogP contribution in [0.15, 0.2) is 48.5 Å². The summed E-state index contributed by atoms with van der Waals surface area (Å²) in [6, 6.07) is 14.7. The molecule has 8 nitrogen and oxygen atoms in total. The summed E-state index contributed by atoms with van der Waals surface area (Å²) in [7, 11) is 3.18. The van der Waals surface area contributed by atoms with Crippen molar-refractivity contribution < 1.29 is 14.3 Å². The maximum atomic E-state index is 12.4. The van der Waals surface area contributed by atoms with Crippen molar-refractivity contribution in [1.29, 1.82) is 0 Å². The Balaban J connectivity index is 1.67. The van der Waals surface area contributed by atoms with E-state index in [1.165, 1.54) is 4.80 Å². The van der Waals surface area contributed by atoms with Crippen LogP contribution in [0.25, 0.3) is 11.4 Å². The molecule has 0 aliphatic rings. The average molecular weight is 367 g/mol. The fraction of sp³-hybridized carbons (Fsp3) is 0.263. The highest BCUT2D eigenvalue weighted by atomic mass is 16.5. The number of methoxy groups -OCH3 is 2. The number of ether oxygens (including phenoxy) is 2. The summed E-state index contributed by atoms with van der Waals surface area (Å²) < 4.78 is 10.6. The van der Waals surface area contributed by atoms with E-state index in [0.29, 0.717) is 17.3 Å².